The Morgan fingerprint density at radius 3 is 2.49 bits per heavy atom. The van der Waals surface area contributed by atoms with Gasteiger partial charge in [-0.3, -0.25) is 19.0 Å². The highest BCUT2D eigenvalue weighted by atomic mass is 32.2. The summed E-state index contributed by atoms with van der Waals surface area (Å²) in [5, 5.41) is 6.64. The standard InChI is InChI=1S/C34H36N4O8S/c1-42-27-10-7-21(14-28(27)43-2)11-12-35-32(40)23-8-5-22(6-9-23)18-38-33(41)25-15-29-30(46-20-45-29)16-26(25)37-34(38)47-19-31(39)36-17-24-4-3-13-44-24/h5-10,14-16,24H,3-4,11-13,17-20H2,1-2H3,(H,35,40)(H,36,39). The minimum atomic E-state index is -0.271. The Morgan fingerprint density at radius 2 is 1.74 bits per heavy atom. The molecule has 2 aliphatic heterocycles. The number of hydrogen-bond acceptors (Lipinski definition) is 10. The van der Waals surface area contributed by atoms with Crippen LogP contribution in [0.1, 0.15) is 34.3 Å². The van der Waals surface area contributed by atoms with E-state index in [1.54, 1.807) is 43.1 Å². The fourth-order valence-corrected chi connectivity index (χ4v) is 6.29. The number of fused-ring (bicyclic) bond motifs is 2. The van der Waals surface area contributed by atoms with Crippen LogP contribution >= 0.6 is 11.8 Å². The molecule has 3 heterocycles. The van der Waals surface area contributed by atoms with Gasteiger partial charge in [0.25, 0.3) is 11.5 Å². The van der Waals surface area contributed by atoms with E-state index in [1.807, 2.05) is 30.3 Å². The monoisotopic (exact) mass is 660 g/mol. The summed E-state index contributed by atoms with van der Waals surface area (Å²) in [6.45, 7) is 1.87. The van der Waals surface area contributed by atoms with Crippen LogP contribution < -0.4 is 35.1 Å². The van der Waals surface area contributed by atoms with Crippen LogP contribution in [0, 0.1) is 0 Å². The molecule has 0 aliphatic carbocycles. The average Bonchev–Trinajstić information content (AvgIpc) is 3.79. The fourth-order valence-electron chi connectivity index (χ4n) is 5.46. The lowest BCUT2D eigenvalue weighted by molar-refractivity contribution is -0.119. The Hall–Kier alpha value is -4.75. The minimum absolute atomic E-state index is 0.0351. The van der Waals surface area contributed by atoms with Gasteiger partial charge in [-0.25, -0.2) is 4.98 Å². The van der Waals surface area contributed by atoms with Gasteiger partial charge in [-0.2, -0.15) is 0 Å². The van der Waals surface area contributed by atoms with Gasteiger partial charge in [-0.15, -0.1) is 0 Å². The second-order valence-corrected chi connectivity index (χ2v) is 12.1. The third kappa shape index (κ3) is 7.63. The Labute approximate surface area is 275 Å². The normalized spacial score (nSPS) is 15.1. The third-order valence-electron chi connectivity index (χ3n) is 8.00. The number of benzene rings is 3. The number of nitrogens with one attached hydrogen (secondary N) is 2. The first-order chi connectivity index (χ1) is 22.9. The van der Waals surface area contributed by atoms with Crippen LogP contribution in [0.4, 0.5) is 0 Å². The average molecular weight is 661 g/mol. The minimum Gasteiger partial charge on any atom is -0.493 e. The van der Waals surface area contributed by atoms with E-state index in [1.165, 1.54) is 11.8 Å². The molecule has 0 bridgehead atoms. The number of ether oxygens (including phenoxy) is 5. The van der Waals surface area contributed by atoms with Crippen LogP contribution in [0.15, 0.2) is 64.5 Å². The molecule has 1 aromatic heterocycles. The maximum Gasteiger partial charge on any atom is 0.262 e. The molecule has 2 aliphatic rings. The van der Waals surface area contributed by atoms with Gasteiger partial charge < -0.3 is 34.3 Å². The number of amides is 2. The molecule has 4 aromatic rings. The molecule has 3 aromatic carbocycles. The lowest BCUT2D eigenvalue weighted by Gasteiger charge is -2.15. The van der Waals surface area contributed by atoms with E-state index < -0.39 is 0 Å². The van der Waals surface area contributed by atoms with Crippen molar-refractivity contribution in [1.29, 1.82) is 0 Å². The first kappa shape index (κ1) is 32.2. The summed E-state index contributed by atoms with van der Waals surface area (Å²) >= 11 is 1.19. The number of carbonyl (C=O) groups is 2. The van der Waals surface area contributed by atoms with Crippen molar-refractivity contribution >= 4 is 34.5 Å². The van der Waals surface area contributed by atoms with Gasteiger partial charge in [-0.05, 0) is 60.7 Å². The van der Waals surface area contributed by atoms with E-state index in [4.69, 9.17) is 28.7 Å². The molecule has 47 heavy (non-hydrogen) atoms. The van der Waals surface area contributed by atoms with E-state index in [-0.39, 0.29) is 42.6 Å². The van der Waals surface area contributed by atoms with E-state index in [0.29, 0.717) is 70.7 Å². The number of thioether (sulfide) groups is 1. The second kappa shape index (κ2) is 14.8. The van der Waals surface area contributed by atoms with Crippen LogP contribution in [-0.2, 0) is 22.5 Å². The van der Waals surface area contributed by atoms with Gasteiger partial charge >= 0.3 is 0 Å². The van der Waals surface area contributed by atoms with Crippen LogP contribution in [0.2, 0.25) is 0 Å². The Kier molecular flexibility index (Phi) is 10.1. The maximum atomic E-state index is 13.8. The smallest absolute Gasteiger partial charge is 0.262 e. The molecule has 12 nitrogen and oxygen atoms in total. The van der Waals surface area contributed by atoms with Crippen molar-refractivity contribution in [2.45, 2.75) is 37.1 Å². The van der Waals surface area contributed by atoms with Crippen molar-refractivity contribution in [1.82, 2.24) is 20.2 Å². The molecule has 246 valence electrons. The number of nitrogens with zero attached hydrogens (tertiary/aromatic N) is 2. The van der Waals surface area contributed by atoms with Crippen LogP contribution in [-0.4, -0.2) is 73.9 Å². The predicted octanol–water partition coefficient (Wildman–Crippen LogP) is 3.55. The van der Waals surface area contributed by atoms with E-state index in [2.05, 4.69) is 10.6 Å². The van der Waals surface area contributed by atoms with Crippen molar-refractivity contribution in [3.05, 3.63) is 81.6 Å². The molecule has 1 saturated heterocycles. The molecular weight excluding hydrogens is 624 g/mol. The van der Waals surface area contributed by atoms with Crippen molar-refractivity contribution < 1.29 is 33.3 Å². The quantitative estimate of drug-likeness (QED) is 0.162. The number of methoxy groups -OCH3 is 2. The first-order valence-corrected chi connectivity index (χ1v) is 16.3. The van der Waals surface area contributed by atoms with Gasteiger partial charge in [0.05, 0.1) is 43.5 Å². The van der Waals surface area contributed by atoms with Crippen molar-refractivity contribution in [2.24, 2.45) is 0 Å². The van der Waals surface area contributed by atoms with Crippen molar-refractivity contribution in [2.75, 3.05) is 46.5 Å². The van der Waals surface area contributed by atoms with Crippen molar-refractivity contribution in [3.63, 3.8) is 0 Å². The summed E-state index contributed by atoms with van der Waals surface area (Å²) in [4.78, 5) is 44.1. The summed E-state index contributed by atoms with van der Waals surface area (Å²) in [7, 11) is 3.17. The summed E-state index contributed by atoms with van der Waals surface area (Å²) in [5.74, 6) is 2.00. The maximum absolute atomic E-state index is 13.8. The highest BCUT2D eigenvalue weighted by Crippen LogP contribution is 2.35. The lowest BCUT2D eigenvalue weighted by Crippen LogP contribution is -2.33. The molecule has 13 heteroatoms. The van der Waals surface area contributed by atoms with Crippen molar-refractivity contribution in [3.8, 4) is 23.0 Å². The summed E-state index contributed by atoms with van der Waals surface area (Å²) in [5.41, 5.74) is 2.48. The zero-order valence-electron chi connectivity index (χ0n) is 26.2. The van der Waals surface area contributed by atoms with Gasteiger partial charge in [0.1, 0.15) is 0 Å². The molecular formula is C34H36N4O8S. The Bertz CT molecular complexity index is 1820. The Morgan fingerprint density at radius 1 is 0.979 bits per heavy atom. The number of aromatic nitrogens is 2. The van der Waals surface area contributed by atoms with Crippen LogP contribution in [0.3, 0.4) is 0 Å². The predicted molar refractivity (Wildman–Crippen MR) is 176 cm³/mol. The lowest BCUT2D eigenvalue weighted by atomic mass is 10.1. The highest BCUT2D eigenvalue weighted by molar-refractivity contribution is 7.99. The molecule has 1 atom stereocenters. The first-order valence-electron chi connectivity index (χ1n) is 15.3. The summed E-state index contributed by atoms with van der Waals surface area (Å²) in [6.07, 6.45) is 2.57. The molecule has 0 radical (unpaired) electrons. The third-order valence-corrected chi connectivity index (χ3v) is 8.98. The number of carbonyl (C=O) groups excluding carboxylic acids is 2. The summed E-state index contributed by atoms with van der Waals surface area (Å²) < 4.78 is 28.8. The molecule has 2 amide bonds. The molecule has 0 saturated carbocycles. The van der Waals surface area contributed by atoms with Crippen LogP contribution in [0.5, 0.6) is 23.0 Å². The van der Waals surface area contributed by atoms with Gasteiger partial charge in [0, 0.05) is 31.3 Å². The Balaban J connectivity index is 1.14. The number of hydrogen-bond donors (Lipinski definition) is 2. The molecule has 1 fully saturated rings. The fraction of sp³-hybridized carbons (Fsp3) is 0.353. The zero-order valence-corrected chi connectivity index (χ0v) is 27.0. The second-order valence-electron chi connectivity index (χ2n) is 11.1. The largest absolute Gasteiger partial charge is 0.493 e. The molecule has 0 spiro atoms. The van der Waals surface area contributed by atoms with Gasteiger partial charge in [0.2, 0.25) is 12.7 Å². The SMILES string of the molecule is COc1ccc(CCNC(=O)c2ccc(Cn3c(SCC(=O)NCC4CCCO4)nc4cc5c(cc4c3=O)OCO5)cc2)cc1OC. The van der Waals surface area contributed by atoms with E-state index in [9.17, 15) is 14.4 Å². The molecule has 6 rings (SSSR count). The van der Waals surface area contributed by atoms with Crippen LogP contribution in [0.25, 0.3) is 10.9 Å². The topological polar surface area (TPSA) is 139 Å². The number of rotatable bonds is 13. The van der Waals surface area contributed by atoms with E-state index >= 15 is 0 Å². The molecule has 1 unspecified atom stereocenters. The molecule has 2 N–H and O–H groups in total. The summed E-state index contributed by atoms with van der Waals surface area (Å²) in [6, 6.07) is 16.1. The van der Waals surface area contributed by atoms with E-state index in [0.717, 1.165) is 24.0 Å². The zero-order chi connectivity index (χ0) is 32.8. The van der Waals surface area contributed by atoms with Gasteiger partial charge in [0.15, 0.2) is 28.2 Å². The highest BCUT2D eigenvalue weighted by Gasteiger charge is 2.21. The van der Waals surface area contributed by atoms with Gasteiger partial charge in [-0.1, -0.05) is 30.0 Å².